The number of aliphatic hydroxyl groups is 1. The summed E-state index contributed by atoms with van der Waals surface area (Å²) in [6.45, 7) is 0.733. The summed E-state index contributed by atoms with van der Waals surface area (Å²) in [4.78, 5) is 9.83. The van der Waals surface area contributed by atoms with Crippen LogP contribution in [0.25, 0.3) is 10.2 Å². The van der Waals surface area contributed by atoms with Crippen molar-refractivity contribution in [1.29, 1.82) is 0 Å². The number of hydrogen-bond donors (Lipinski definition) is 3. The first-order valence-corrected chi connectivity index (χ1v) is 10.2. The maximum Gasteiger partial charge on any atom is 0.131 e. The van der Waals surface area contributed by atoms with Crippen LogP contribution in [0.15, 0.2) is 22.1 Å². The molecule has 0 bridgehead atoms. The van der Waals surface area contributed by atoms with Crippen molar-refractivity contribution in [3.05, 3.63) is 37.2 Å². The third-order valence-electron chi connectivity index (χ3n) is 3.48. The molecular weight excluding hydrogens is 432 g/mol. The van der Waals surface area contributed by atoms with Crippen LogP contribution >= 0.6 is 50.2 Å². The smallest absolute Gasteiger partial charge is 0.131 e. The molecule has 0 saturated carbocycles. The fourth-order valence-electron chi connectivity index (χ4n) is 2.33. The van der Waals surface area contributed by atoms with E-state index in [0.717, 1.165) is 30.3 Å². The highest BCUT2D eigenvalue weighted by Crippen LogP contribution is 2.40. The van der Waals surface area contributed by atoms with Gasteiger partial charge in [-0.2, -0.15) is 0 Å². The third-order valence-corrected chi connectivity index (χ3v) is 6.81. The second-order valence-corrected chi connectivity index (χ2v) is 8.53. The second-order valence-electron chi connectivity index (χ2n) is 5.27. The normalized spacial score (nSPS) is 12.7. The summed E-state index contributed by atoms with van der Waals surface area (Å²) in [5, 5.41) is 15.8. The molecule has 0 amide bonds. The van der Waals surface area contributed by atoms with Crippen molar-refractivity contribution in [3.63, 3.8) is 0 Å². The molecule has 1 unspecified atom stereocenters. The first-order valence-electron chi connectivity index (χ1n) is 7.34. The van der Waals surface area contributed by atoms with Crippen molar-refractivity contribution in [2.24, 2.45) is 5.73 Å². The van der Waals surface area contributed by atoms with Crippen LogP contribution in [0.4, 0.5) is 5.69 Å². The Kier molecular flexibility index (Phi) is 6.07. The molecule has 0 aliphatic carbocycles. The van der Waals surface area contributed by atoms with Gasteiger partial charge in [-0.15, -0.1) is 22.7 Å². The van der Waals surface area contributed by atoms with Crippen LogP contribution in [-0.4, -0.2) is 27.7 Å². The Bertz CT molecular complexity index is 825. The molecule has 3 aromatic heterocycles. The molecule has 0 radical (unpaired) electrons. The standard InChI is InChI=1S/C15H16BrClN4OS2/c16-13-10(5-8(18)1-3-22)24-15-9(6-11(17)21-14(13)15)20-7-12-19-2-4-23-12/h2,4,6,8,22H,1,3,5,7,18H2,(H,20,21). The van der Waals surface area contributed by atoms with Gasteiger partial charge in [0.15, 0.2) is 0 Å². The number of fused-ring (bicyclic) bond motifs is 1. The van der Waals surface area contributed by atoms with Crippen molar-refractivity contribution in [3.8, 4) is 0 Å². The van der Waals surface area contributed by atoms with Crippen LogP contribution in [0.2, 0.25) is 5.15 Å². The summed E-state index contributed by atoms with van der Waals surface area (Å²) in [6.07, 6.45) is 3.05. The lowest BCUT2D eigenvalue weighted by molar-refractivity contribution is 0.275. The molecule has 3 aromatic rings. The molecule has 3 rings (SSSR count). The SMILES string of the molecule is NC(CCO)Cc1sc2c(NCc3nccs3)cc(Cl)nc2c1Br. The number of rotatable bonds is 7. The van der Waals surface area contributed by atoms with Gasteiger partial charge < -0.3 is 16.2 Å². The number of anilines is 1. The van der Waals surface area contributed by atoms with Gasteiger partial charge in [0.2, 0.25) is 0 Å². The van der Waals surface area contributed by atoms with Crippen LogP contribution in [0.3, 0.4) is 0 Å². The van der Waals surface area contributed by atoms with E-state index >= 15 is 0 Å². The van der Waals surface area contributed by atoms with Gasteiger partial charge in [-0.3, -0.25) is 0 Å². The lowest BCUT2D eigenvalue weighted by Gasteiger charge is -2.07. The molecule has 3 heterocycles. The zero-order chi connectivity index (χ0) is 17.1. The van der Waals surface area contributed by atoms with Gasteiger partial charge in [0.05, 0.1) is 26.9 Å². The molecule has 0 spiro atoms. The van der Waals surface area contributed by atoms with Gasteiger partial charge in [0.25, 0.3) is 0 Å². The second kappa shape index (κ2) is 8.07. The Morgan fingerprint density at radius 3 is 3.00 bits per heavy atom. The van der Waals surface area contributed by atoms with Crippen LogP contribution in [0, 0.1) is 0 Å². The van der Waals surface area contributed by atoms with E-state index in [1.54, 1.807) is 28.9 Å². The Hall–Kier alpha value is -0.770. The van der Waals surface area contributed by atoms with Crippen LogP contribution in [0.1, 0.15) is 16.3 Å². The maximum atomic E-state index is 9.03. The molecule has 0 aliphatic heterocycles. The minimum atomic E-state index is -0.0819. The molecule has 4 N–H and O–H groups in total. The Labute approximate surface area is 161 Å². The molecule has 1 atom stereocenters. The third kappa shape index (κ3) is 4.07. The molecule has 0 saturated heterocycles. The highest BCUT2D eigenvalue weighted by molar-refractivity contribution is 9.10. The maximum absolute atomic E-state index is 9.03. The molecule has 0 aliphatic rings. The topological polar surface area (TPSA) is 84.1 Å². The Morgan fingerprint density at radius 2 is 2.29 bits per heavy atom. The Balaban J connectivity index is 1.91. The van der Waals surface area contributed by atoms with Gasteiger partial charge in [0.1, 0.15) is 10.2 Å². The number of thiazole rings is 1. The first-order chi connectivity index (χ1) is 11.6. The van der Waals surface area contributed by atoms with Crippen molar-refractivity contribution in [2.45, 2.75) is 25.4 Å². The zero-order valence-electron chi connectivity index (χ0n) is 12.6. The number of nitrogens with zero attached hydrogens (tertiary/aromatic N) is 2. The predicted octanol–water partition coefficient (Wildman–Crippen LogP) is 4.03. The molecule has 9 heteroatoms. The summed E-state index contributed by atoms with van der Waals surface area (Å²) in [5.74, 6) is 0. The minimum absolute atomic E-state index is 0.0819. The number of aliphatic hydroxyl groups excluding tert-OH is 1. The number of halogens is 2. The van der Waals surface area contributed by atoms with Crippen LogP contribution in [0.5, 0.6) is 0 Å². The number of aromatic nitrogens is 2. The summed E-state index contributed by atoms with van der Waals surface area (Å²) >= 11 is 13.1. The van der Waals surface area contributed by atoms with E-state index in [-0.39, 0.29) is 12.6 Å². The molecule has 24 heavy (non-hydrogen) atoms. The largest absolute Gasteiger partial charge is 0.396 e. The van der Waals surface area contributed by atoms with Gasteiger partial charge in [-0.25, -0.2) is 9.97 Å². The Morgan fingerprint density at radius 1 is 1.46 bits per heavy atom. The van der Waals surface area contributed by atoms with E-state index in [1.807, 2.05) is 11.4 Å². The average molecular weight is 448 g/mol. The van der Waals surface area contributed by atoms with E-state index in [9.17, 15) is 0 Å². The summed E-state index contributed by atoms with van der Waals surface area (Å²) in [5.41, 5.74) is 7.83. The van der Waals surface area contributed by atoms with Gasteiger partial charge in [0, 0.05) is 35.2 Å². The van der Waals surface area contributed by atoms with Gasteiger partial charge >= 0.3 is 0 Å². The molecule has 128 valence electrons. The van der Waals surface area contributed by atoms with Gasteiger partial charge in [-0.1, -0.05) is 11.6 Å². The highest BCUT2D eigenvalue weighted by atomic mass is 79.9. The van der Waals surface area contributed by atoms with Crippen LogP contribution < -0.4 is 11.1 Å². The number of nitrogens with two attached hydrogens (primary N) is 1. The van der Waals surface area contributed by atoms with Crippen molar-refractivity contribution >= 4 is 66.1 Å². The lowest BCUT2D eigenvalue weighted by Crippen LogP contribution is -2.23. The van der Waals surface area contributed by atoms with Gasteiger partial charge in [-0.05, 0) is 28.8 Å². The van der Waals surface area contributed by atoms with E-state index in [1.165, 1.54) is 0 Å². The number of nitrogens with one attached hydrogen (secondary N) is 1. The minimum Gasteiger partial charge on any atom is -0.396 e. The fraction of sp³-hybridized carbons (Fsp3) is 0.333. The van der Waals surface area contributed by atoms with E-state index in [4.69, 9.17) is 22.4 Å². The van der Waals surface area contributed by atoms with E-state index < -0.39 is 0 Å². The summed E-state index contributed by atoms with van der Waals surface area (Å²) in [7, 11) is 0. The fourth-order valence-corrected chi connectivity index (χ4v) is 5.12. The number of thiophene rings is 1. The van der Waals surface area contributed by atoms with Crippen molar-refractivity contribution in [2.75, 3.05) is 11.9 Å². The molecule has 0 aromatic carbocycles. The summed E-state index contributed by atoms with van der Waals surface area (Å²) < 4.78 is 1.96. The quantitative estimate of drug-likeness (QED) is 0.476. The predicted molar refractivity (Wildman–Crippen MR) is 105 cm³/mol. The average Bonchev–Trinajstić information content (AvgIpc) is 3.15. The summed E-state index contributed by atoms with van der Waals surface area (Å²) in [6, 6.07) is 1.75. The van der Waals surface area contributed by atoms with Crippen LogP contribution in [-0.2, 0) is 13.0 Å². The zero-order valence-corrected chi connectivity index (χ0v) is 16.6. The van der Waals surface area contributed by atoms with Crippen molar-refractivity contribution < 1.29 is 5.11 Å². The molecule has 0 fully saturated rings. The molecule has 5 nitrogen and oxygen atoms in total. The van der Waals surface area contributed by atoms with E-state index in [0.29, 0.717) is 24.5 Å². The lowest BCUT2D eigenvalue weighted by atomic mass is 10.1. The molecular formula is C15H16BrClN4OS2. The van der Waals surface area contributed by atoms with Crippen molar-refractivity contribution in [1.82, 2.24) is 9.97 Å². The van der Waals surface area contributed by atoms with E-state index in [2.05, 4.69) is 31.2 Å². The number of hydrogen-bond acceptors (Lipinski definition) is 7. The highest BCUT2D eigenvalue weighted by Gasteiger charge is 2.17. The monoisotopic (exact) mass is 446 g/mol. The number of pyridine rings is 1. The first kappa shape index (κ1) is 18.0.